The standard InChI is InChI=1S/C23H23N7O2.C22H23N7O.C21H21N7O.C20H19N7O/c1-4-25-23(32)29-22-27-19-12-16(15-7-6-10-24-13-15)11-17(21(19)28-22)18-8-5-9-20(26-18)30(3)14(2)31;1-4-24-22(30)28-21-26-19-11-15(14-6-5-8-23-13-14)10-17(20(19)27-21)18-12-16(29(2)3)7-9-25-18;1-3-24-21(29)28-20-26-17-11-14(13-6-5-9-23-12-13)10-15(19(17)27-20)16-7-4-8-18(22-2)25-16;1-2-23-20(28)27-19-25-16-10-13(12-5-4-8-22-11-12)9-14(18(16)26-19)15-6-3-7-17(21)24-15/h5-13H,4H2,1-3H3,(H3,25,27,28,29,32);5-13H,4H2,1-3H3,(H3,24,26,27,28,30);4-12H,3H2,1-2H3,(H,22,25)(H3,24,26,27,28,29);3-11H,2H2,1H3,(H2,21,24)(H3,23,25,26,27,28). The van der Waals surface area contributed by atoms with E-state index < -0.39 is 0 Å². The van der Waals surface area contributed by atoms with E-state index in [-0.39, 0.29) is 30.0 Å². The first-order chi connectivity index (χ1) is 57.8. The molecule has 0 aliphatic rings. The van der Waals surface area contributed by atoms with Crippen LogP contribution in [0.25, 0.3) is 134 Å². The molecule has 0 aliphatic heterocycles. The summed E-state index contributed by atoms with van der Waals surface area (Å²) < 4.78 is 0. The first-order valence-electron chi connectivity index (χ1n) is 38.0. The fourth-order valence-corrected chi connectivity index (χ4v) is 12.6. The zero-order valence-corrected chi connectivity index (χ0v) is 66.5. The summed E-state index contributed by atoms with van der Waals surface area (Å²) >= 11 is 0. The van der Waals surface area contributed by atoms with E-state index in [1.165, 1.54) is 11.8 Å². The predicted octanol–water partition coefficient (Wildman–Crippen LogP) is 15.0. The molecule has 0 aliphatic carbocycles. The van der Waals surface area contributed by atoms with Gasteiger partial charge in [0, 0.05) is 167 Å². The van der Waals surface area contributed by atoms with E-state index in [0.29, 0.717) is 84.0 Å². The van der Waals surface area contributed by atoms with Crippen LogP contribution < -0.4 is 63.4 Å². The number of nitrogens with zero attached hydrogens (tertiary/aromatic N) is 14. The lowest BCUT2D eigenvalue weighted by Gasteiger charge is -2.15. The first-order valence-corrected chi connectivity index (χ1v) is 38.0. The Hall–Kier alpha value is -16.1. The molecule has 119 heavy (non-hydrogen) atoms. The zero-order chi connectivity index (χ0) is 83.5. The normalized spacial score (nSPS) is 10.7. The largest absolute Gasteiger partial charge is 0.384 e. The van der Waals surface area contributed by atoms with E-state index >= 15 is 0 Å². The van der Waals surface area contributed by atoms with Crippen molar-refractivity contribution in [3.63, 3.8) is 0 Å². The summed E-state index contributed by atoms with van der Waals surface area (Å²) in [5, 5.41) is 24.7. The number of imidazole rings is 4. The number of nitrogens with one attached hydrogen (secondary N) is 13. The highest BCUT2D eigenvalue weighted by molar-refractivity contribution is 6.03. The fourth-order valence-electron chi connectivity index (χ4n) is 12.6. The van der Waals surface area contributed by atoms with Gasteiger partial charge < -0.3 is 62.1 Å². The number of nitrogens with two attached hydrogens (primary N) is 1. The van der Waals surface area contributed by atoms with E-state index in [1.807, 2.05) is 212 Å². The van der Waals surface area contributed by atoms with Crippen molar-refractivity contribution in [2.24, 2.45) is 0 Å². The number of aromatic nitrogens is 16. The second-order valence-electron chi connectivity index (χ2n) is 26.8. The van der Waals surface area contributed by atoms with Crippen LogP contribution in [0.3, 0.4) is 0 Å². The van der Waals surface area contributed by atoms with Gasteiger partial charge in [0.2, 0.25) is 29.7 Å². The summed E-state index contributed by atoms with van der Waals surface area (Å²) in [5.41, 5.74) is 26.8. The van der Waals surface area contributed by atoms with E-state index in [9.17, 15) is 24.0 Å². The van der Waals surface area contributed by atoms with Gasteiger partial charge in [0.25, 0.3) is 0 Å². The number of carbonyl (C=O) groups is 5. The topological polar surface area (TPSA) is 444 Å². The van der Waals surface area contributed by atoms with Gasteiger partial charge in [0.05, 0.1) is 66.9 Å². The number of H-pyrrole nitrogens is 4. The minimum atomic E-state index is -0.344. The van der Waals surface area contributed by atoms with Crippen molar-refractivity contribution in [1.82, 2.24) is 101 Å². The average Bonchev–Trinajstić information content (AvgIpc) is 1.68. The number of amides is 9. The molecule has 12 heterocycles. The molecule has 4 aromatic carbocycles. The van der Waals surface area contributed by atoms with Crippen LogP contribution in [0.4, 0.5) is 66.1 Å². The molecule has 0 bridgehead atoms. The van der Waals surface area contributed by atoms with Crippen LogP contribution in [0.2, 0.25) is 0 Å². The van der Waals surface area contributed by atoms with Crippen LogP contribution in [-0.2, 0) is 4.79 Å². The molecule has 15 N–H and O–H groups in total. The summed E-state index contributed by atoms with van der Waals surface area (Å²) in [6, 6.07) is 50.9. The molecule has 12 aromatic heterocycles. The molecular formula is C86H86N28O5. The number of anilines is 8. The second-order valence-corrected chi connectivity index (χ2v) is 26.8. The van der Waals surface area contributed by atoms with Crippen molar-refractivity contribution in [2.75, 3.05) is 96.5 Å². The number of carbonyl (C=O) groups excluding carboxylic acids is 5. The molecule has 0 fully saturated rings. The third-order valence-electron chi connectivity index (χ3n) is 18.3. The molecule has 9 amide bonds. The third-order valence-corrected chi connectivity index (χ3v) is 18.3. The predicted molar refractivity (Wildman–Crippen MR) is 468 cm³/mol. The lowest BCUT2D eigenvalue weighted by molar-refractivity contribution is -0.116. The number of hydrogen-bond donors (Lipinski definition) is 14. The van der Waals surface area contributed by atoms with Crippen LogP contribution in [0.15, 0.2) is 220 Å². The molecule has 600 valence electrons. The van der Waals surface area contributed by atoms with Crippen molar-refractivity contribution in [2.45, 2.75) is 34.6 Å². The molecule has 0 radical (unpaired) electrons. The molecule has 0 saturated carbocycles. The van der Waals surface area contributed by atoms with Gasteiger partial charge in [0.1, 0.15) is 17.5 Å². The number of hydrogen-bond acceptors (Lipinski definition) is 20. The van der Waals surface area contributed by atoms with Gasteiger partial charge in [-0.15, -0.1) is 0 Å². The summed E-state index contributed by atoms with van der Waals surface area (Å²) in [4.78, 5) is 129. The third kappa shape index (κ3) is 19.9. The Morgan fingerprint density at radius 1 is 0.370 bits per heavy atom. The van der Waals surface area contributed by atoms with Crippen LogP contribution in [0.5, 0.6) is 0 Å². The van der Waals surface area contributed by atoms with Crippen molar-refractivity contribution < 1.29 is 24.0 Å². The van der Waals surface area contributed by atoms with Gasteiger partial charge in [-0.1, -0.05) is 42.5 Å². The number of aromatic amines is 4. The number of urea groups is 4. The minimum absolute atomic E-state index is 0.114. The van der Waals surface area contributed by atoms with Gasteiger partial charge in [-0.3, -0.25) is 51.0 Å². The summed E-state index contributed by atoms with van der Waals surface area (Å²) in [5.74, 6) is 3.04. The molecule has 16 rings (SSSR count). The Morgan fingerprint density at radius 2 is 0.714 bits per heavy atom. The molecule has 0 unspecified atom stereocenters. The van der Waals surface area contributed by atoms with Gasteiger partial charge >= 0.3 is 24.1 Å². The summed E-state index contributed by atoms with van der Waals surface area (Å²) in [6.07, 6.45) is 15.9. The quantitative estimate of drug-likeness (QED) is 0.0357. The number of nitrogen functional groups attached to an aromatic ring is 1. The number of rotatable bonds is 19. The van der Waals surface area contributed by atoms with Crippen LogP contribution in [-0.4, -0.2) is 164 Å². The molecular weight excluding hydrogens is 1510 g/mol. The van der Waals surface area contributed by atoms with E-state index in [0.717, 1.165) is 123 Å². The van der Waals surface area contributed by atoms with Gasteiger partial charge in [0.15, 0.2) is 0 Å². The minimum Gasteiger partial charge on any atom is -0.384 e. The van der Waals surface area contributed by atoms with E-state index in [4.69, 9.17) is 5.73 Å². The maximum Gasteiger partial charge on any atom is 0.321 e. The Balaban J connectivity index is 0.000000137. The monoisotopic (exact) mass is 1590 g/mol. The average molecular weight is 1590 g/mol. The molecule has 0 spiro atoms. The molecule has 16 aromatic rings. The second kappa shape index (κ2) is 37.7. The highest BCUT2D eigenvalue weighted by Gasteiger charge is 2.22. The SMILES string of the molecule is CCNC(=O)Nc1nc2c(-c3cc(N(C)C)ccn3)cc(-c3cccnc3)cc2[nH]1.CCNC(=O)Nc1nc2c(-c3cccc(N(C)C(C)=O)n3)cc(-c3cccnc3)cc2[nH]1.CCNC(=O)Nc1nc2c(-c3cccc(N)n3)cc(-c3cccnc3)cc2[nH]1.CCNC(=O)Nc1nc2c(-c3cccc(NC)n3)cc(-c3cccnc3)cc2[nH]1. The Kier molecular flexibility index (Phi) is 25.6. The first kappa shape index (κ1) is 80.9. The number of pyridine rings is 8. The Morgan fingerprint density at radius 3 is 1.04 bits per heavy atom. The zero-order valence-electron chi connectivity index (χ0n) is 66.5. The van der Waals surface area contributed by atoms with Crippen LogP contribution in [0, 0.1) is 0 Å². The maximum atomic E-state index is 12.0. The summed E-state index contributed by atoms with van der Waals surface area (Å²) in [7, 11) is 7.49. The van der Waals surface area contributed by atoms with Crippen LogP contribution >= 0.6 is 0 Å². The van der Waals surface area contributed by atoms with Crippen molar-refractivity contribution >= 4 is 121 Å². The Labute approximate surface area is 682 Å². The lowest BCUT2D eigenvalue weighted by atomic mass is 10.0. The number of fused-ring (bicyclic) bond motifs is 4. The highest BCUT2D eigenvalue weighted by atomic mass is 16.2. The lowest BCUT2D eigenvalue weighted by Crippen LogP contribution is -2.28. The van der Waals surface area contributed by atoms with Gasteiger partial charge in [-0.2, -0.15) is 0 Å². The van der Waals surface area contributed by atoms with Gasteiger partial charge in [-0.05, 0) is 171 Å². The van der Waals surface area contributed by atoms with Gasteiger partial charge in [-0.25, -0.2) is 54.1 Å². The number of benzene rings is 4. The Bertz CT molecular complexity index is 6280. The molecule has 0 saturated heterocycles. The highest BCUT2D eigenvalue weighted by Crippen LogP contribution is 2.39. The fraction of sp³-hybridized carbons (Fsp3) is 0.151. The maximum absolute atomic E-state index is 12.0. The molecule has 0 atom stereocenters. The smallest absolute Gasteiger partial charge is 0.321 e. The van der Waals surface area contributed by atoms with Crippen molar-refractivity contribution in [1.29, 1.82) is 0 Å². The van der Waals surface area contributed by atoms with Crippen molar-refractivity contribution in [3.05, 3.63) is 220 Å². The van der Waals surface area contributed by atoms with Crippen LogP contribution in [0.1, 0.15) is 34.6 Å². The molecule has 33 heteroatoms. The molecule has 33 nitrogen and oxygen atoms in total. The van der Waals surface area contributed by atoms with E-state index in [2.05, 4.69) is 134 Å². The van der Waals surface area contributed by atoms with E-state index in [1.54, 1.807) is 62.6 Å². The van der Waals surface area contributed by atoms with Crippen molar-refractivity contribution in [3.8, 4) is 89.5 Å². The summed E-state index contributed by atoms with van der Waals surface area (Å²) in [6.45, 7) is 11.0.